The lowest BCUT2D eigenvalue weighted by Gasteiger charge is -2.24. The fourth-order valence-electron chi connectivity index (χ4n) is 1.16. The molecule has 0 bridgehead atoms. The Morgan fingerprint density at radius 3 is 2.20 bits per heavy atom. The lowest BCUT2D eigenvalue weighted by Crippen LogP contribution is -2.30. The molecule has 0 aromatic rings. The fraction of sp³-hybridized carbons (Fsp3) is 0.900. The Bertz CT molecular complexity index is 200. The minimum Gasteiger partial charge on any atom is -0.432 e. The Labute approximate surface area is 90.2 Å². The minimum absolute atomic E-state index is 0.202. The molecule has 0 amide bonds. The highest BCUT2D eigenvalue weighted by molar-refractivity contribution is 5.60. The van der Waals surface area contributed by atoms with Gasteiger partial charge >= 0.3 is 6.16 Å². The van der Waals surface area contributed by atoms with Crippen LogP contribution >= 0.6 is 0 Å². The zero-order valence-electron chi connectivity index (χ0n) is 9.94. The molecule has 0 aliphatic rings. The molecule has 1 atom stereocenters. The molecule has 0 spiro atoms. The second-order valence-corrected chi connectivity index (χ2v) is 4.40. The lowest BCUT2D eigenvalue weighted by atomic mass is 10.0. The zero-order valence-corrected chi connectivity index (χ0v) is 9.94. The normalized spacial score (nSPS) is 13.8. The number of ether oxygens (including phenoxy) is 2. The van der Waals surface area contributed by atoms with Crippen LogP contribution in [0, 0.1) is 0 Å². The predicted molar refractivity (Wildman–Crippen MR) is 54.6 cm³/mol. The maximum atomic E-state index is 11.1. The Kier molecular flexibility index (Phi) is 5.60. The van der Waals surface area contributed by atoms with Gasteiger partial charge in [-0.2, -0.15) is 0 Å². The van der Waals surface area contributed by atoms with Gasteiger partial charge in [0.1, 0.15) is 11.7 Å². The van der Waals surface area contributed by atoms with E-state index >= 15 is 0 Å². The summed E-state index contributed by atoms with van der Waals surface area (Å²) in [5.74, 6) is 0. The number of rotatable bonds is 5. The smallest absolute Gasteiger partial charge is 0.432 e. The first-order chi connectivity index (χ1) is 6.76. The van der Waals surface area contributed by atoms with E-state index < -0.39 is 11.8 Å². The quantitative estimate of drug-likeness (QED) is 0.438. The molecular formula is C10H20O5. The van der Waals surface area contributed by atoms with Gasteiger partial charge in [0.25, 0.3) is 0 Å². The van der Waals surface area contributed by atoms with Crippen molar-refractivity contribution in [1.29, 1.82) is 0 Å². The molecule has 0 heterocycles. The first kappa shape index (κ1) is 14.2. The van der Waals surface area contributed by atoms with Crippen LogP contribution in [0.25, 0.3) is 0 Å². The van der Waals surface area contributed by atoms with Crippen LogP contribution in [0.1, 0.15) is 41.0 Å². The monoisotopic (exact) mass is 220 g/mol. The van der Waals surface area contributed by atoms with Gasteiger partial charge in [0, 0.05) is 6.42 Å². The molecule has 5 nitrogen and oxygen atoms in total. The van der Waals surface area contributed by atoms with Crippen molar-refractivity contribution in [2.75, 3.05) is 0 Å². The number of carbonyl (C=O) groups is 1. The third-order valence-electron chi connectivity index (χ3n) is 1.66. The van der Waals surface area contributed by atoms with Gasteiger partial charge in [0.15, 0.2) is 0 Å². The van der Waals surface area contributed by atoms with Crippen molar-refractivity contribution in [3.05, 3.63) is 0 Å². The molecule has 90 valence electrons. The average molecular weight is 220 g/mol. The zero-order chi connectivity index (χ0) is 12.1. The van der Waals surface area contributed by atoms with E-state index in [1.54, 1.807) is 34.6 Å². The van der Waals surface area contributed by atoms with Crippen LogP contribution < -0.4 is 0 Å². The van der Waals surface area contributed by atoms with E-state index in [0.29, 0.717) is 6.42 Å². The topological polar surface area (TPSA) is 65.0 Å². The van der Waals surface area contributed by atoms with Gasteiger partial charge in [-0.25, -0.2) is 9.68 Å². The van der Waals surface area contributed by atoms with Gasteiger partial charge in [0.2, 0.25) is 0 Å². The van der Waals surface area contributed by atoms with Gasteiger partial charge in [0.05, 0.1) is 6.10 Å². The van der Waals surface area contributed by atoms with E-state index in [9.17, 15) is 4.79 Å². The number of hydrogen-bond donors (Lipinski definition) is 1. The van der Waals surface area contributed by atoms with Crippen molar-refractivity contribution in [2.45, 2.75) is 58.8 Å². The molecule has 0 aromatic heterocycles. The van der Waals surface area contributed by atoms with E-state index in [-0.39, 0.29) is 12.2 Å². The van der Waals surface area contributed by atoms with E-state index in [1.165, 1.54) is 0 Å². The highest BCUT2D eigenvalue weighted by atomic mass is 17.1. The van der Waals surface area contributed by atoms with E-state index in [2.05, 4.69) is 4.89 Å². The van der Waals surface area contributed by atoms with Crippen LogP contribution in [0.5, 0.6) is 0 Å². The van der Waals surface area contributed by atoms with Gasteiger partial charge in [-0.15, -0.1) is 0 Å². The molecular weight excluding hydrogens is 200 g/mol. The Balaban J connectivity index is 3.93. The molecule has 15 heavy (non-hydrogen) atoms. The SMILES string of the molecule is CC(C)OC(=O)OC(C)CC(C)(C)OO. The Morgan fingerprint density at radius 2 is 1.80 bits per heavy atom. The molecule has 0 saturated heterocycles. The molecule has 1 N–H and O–H groups in total. The Morgan fingerprint density at radius 1 is 1.27 bits per heavy atom. The molecule has 1 unspecified atom stereocenters. The molecule has 0 rings (SSSR count). The summed E-state index contributed by atoms with van der Waals surface area (Å²) in [4.78, 5) is 15.3. The van der Waals surface area contributed by atoms with Crippen molar-refractivity contribution in [1.82, 2.24) is 0 Å². The summed E-state index contributed by atoms with van der Waals surface area (Å²) in [6.45, 7) is 8.59. The van der Waals surface area contributed by atoms with Crippen LogP contribution in [0.2, 0.25) is 0 Å². The Hall–Kier alpha value is -0.810. The lowest BCUT2D eigenvalue weighted by molar-refractivity contribution is -0.317. The molecule has 0 saturated carbocycles. The summed E-state index contributed by atoms with van der Waals surface area (Å²) in [7, 11) is 0. The van der Waals surface area contributed by atoms with Crippen LogP contribution in [-0.2, 0) is 14.4 Å². The maximum Gasteiger partial charge on any atom is 0.508 e. The van der Waals surface area contributed by atoms with E-state index in [1.807, 2.05) is 0 Å². The summed E-state index contributed by atoms with van der Waals surface area (Å²) < 4.78 is 9.75. The van der Waals surface area contributed by atoms with Crippen LogP contribution in [-0.4, -0.2) is 29.2 Å². The van der Waals surface area contributed by atoms with E-state index in [0.717, 1.165) is 0 Å². The largest absolute Gasteiger partial charge is 0.508 e. The number of carbonyl (C=O) groups excluding carboxylic acids is 1. The van der Waals surface area contributed by atoms with Crippen LogP contribution in [0.3, 0.4) is 0 Å². The van der Waals surface area contributed by atoms with Crippen molar-refractivity contribution < 1.29 is 24.4 Å². The standard InChI is InChI=1S/C10H20O5/c1-7(2)13-9(11)14-8(3)6-10(4,5)15-12/h7-8,12H,6H2,1-5H3. The first-order valence-corrected chi connectivity index (χ1v) is 4.96. The predicted octanol–water partition coefficient (Wildman–Crippen LogP) is 2.59. The third-order valence-corrected chi connectivity index (χ3v) is 1.66. The van der Waals surface area contributed by atoms with Gasteiger partial charge in [-0.05, 0) is 34.6 Å². The second-order valence-electron chi connectivity index (χ2n) is 4.40. The summed E-state index contributed by atoms with van der Waals surface area (Å²) in [5, 5.41) is 8.55. The molecule has 0 radical (unpaired) electrons. The summed E-state index contributed by atoms with van der Waals surface area (Å²) in [5.41, 5.74) is -0.739. The first-order valence-electron chi connectivity index (χ1n) is 4.96. The fourth-order valence-corrected chi connectivity index (χ4v) is 1.16. The molecule has 0 aromatic carbocycles. The van der Waals surface area contributed by atoms with Crippen molar-refractivity contribution in [2.24, 2.45) is 0 Å². The summed E-state index contributed by atoms with van der Waals surface area (Å²) in [6, 6.07) is 0. The van der Waals surface area contributed by atoms with Gasteiger partial charge in [-0.1, -0.05) is 0 Å². The van der Waals surface area contributed by atoms with Gasteiger partial charge in [-0.3, -0.25) is 5.26 Å². The summed E-state index contributed by atoms with van der Waals surface area (Å²) >= 11 is 0. The third kappa shape index (κ3) is 7.16. The summed E-state index contributed by atoms with van der Waals surface area (Å²) in [6.07, 6.45) is -0.895. The highest BCUT2D eigenvalue weighted by Gasteiger charge is 2.24. The van der Waals surface area contributed by atoms with Crippen LogP contribution in [0.4, 0.5) is 4.79 Å². The molecule has 0 aliphatic heterocycles. The minimum atomic E-state index is -0.739. The van der Waals surface area contributed by atoms with Crippen molar-refractivity contribution in [3.8, 4) is 0 Å². The highest BCUT2D eigenvalue weighted by Crippen LogP contribution is 2.17. The van der Waals surface area contributed by atoms with Crippen LogP contribution in [0.15, 0.2) is 0 Å². The van der Waals surface area contributed by atoms with Gasteiger partial charge < -0.3 is 9.47 Å². The maximum absolute atomic E-state index is 11.1. The number of hydrogen-bond acceptors (Lipinski definition) is 5. The molecule has 0 aliphatic carbocycles. The van der Waals surface area contributed by atoms with Crippen molar-refractivity contribution >= 4 is 6.16 Å². The average Bonchev–Trinajstić information content (AvgIpc) is 2.00. The van der Waals surface area contributed by atoms with Crippen molar-refractivity contribution in [3.63, 3.8) is 0 Å². The second kappa shape index (κ2) is 5.92. The molecule has 5 heteroatoms. The molecule has 0 fully saturated rings. The van der Waals surface area contributed by atoms with E-state index in [4.69, 9.17) is 14.7 Å².